The maximum Gasteiger partial charge on any atom is 0.416 e. The molecule has 3 aromatic rings. The molecule has 2 heterocycles. The maximum atomic E-state index is 14.0. The van der Waals surface area contributed by atoms with E-state index >= 15 is 0 Å². The first kappa shape index (κ1) is 23.3. The van der Waals surface area contributed by atoms with Crippen molar-refractivity contribution < 1.29 is 22.4 Å². The van der Waals surface area contributed by atoms with E-state index in [-0.39, 0.29) is 11.1 Å². The summed E-state index contributed by atoms with van der Waals surface area (Å²) in [5, 5.41) is 20.7. The molecule has 2 aliphatic heterocycles. The van der Waals surface area contributed by atoms with Crippen LogP contribution in [0.3, 0.4) is 0 Å². The van der Waals surface area contributed by atoms with E-state index in [0.717, 1.165) is 29.8 Å². The Morgan fingerprint density at radius 3 is 2.31 bits per heavy atom. The Bertz CT molecular complexity index is 1450. The smallest absolute Gasteiger partial charge is 0.351 e. The highest BCUT2D eigenvalue weighted by Gasteiger charge is 2.63. The predicted molar refractivity (Wildman–Crippen MR) is 124 cm³/mol. The number of fused-ring (bicyclic) bond motifs is 3. The summed E-state index contributed by atoms with van der Waals surface area (Å²) in [6, 6.07) is 18.3. The number of anilines is 1. The van der Waals surface area contributed by atoms with Crippen LogP contribution in [0.5, 0.6) is 0 Å². The van der Waals surface area contributed by atoms with Crippen LogP contribution in [0.15, 0.2) is 78.9 Å². The van der Waals surface area contributed by atoms with Gasteiger partial charge in [0.1, 0.15) is 11.9 Å². The summed E-state index contributed by atoms with van der Waals surface area (Å²) in [7, 11) is 0. The highest BCUT2D eigenvalue weighted by Crippen LogP contribution is 2.55. The number of nitriles is 2. The third-order valence-electron chi connectivity index (χ3n) is 6.89. The zero-order chi connectivity index (χ0) is 25.7. The fourth-order valence-corrected chi connectivity index (χ4v) is 5.30. The Balaban J connectivity index is 1.79. The Kier molecular flexibility index (Phi) is 5.41. The van der Waals surface area contributed by atoms with Crippen LogP contribution >= 0.6 is 0 Å². The summed E-state index contributed by atoms with van der Waals surface area (Å²) in [5.74, 6) is -2.31. The molecule has 4 nitrogen and oxygen atoms in total. The van der Waals surface area contributed by atoms with E-state index in [9.17, 15) is 32.9 Å². The lowest BCUT2D eigenvalue weighted by atomic mass is 9.69. The molecule has 3 atom stereocenters. The van der Waals surface area contributed by atoms with Gasteiger partial charge in [0, 0.05) is 17.2 Å². The second-order valence-corrected chi connectivity index (χ2v) is 8.78. The molecule has 36 heavy (non-hydrogen) atoms. The zero-order valence-electron chi connectivity index (χ0n) is 18.6. The van der Waals surface area contributed by atoms with Gasteiger partial charge in [-0.2, -0.15) is 23.7 Å². The van der Waals surface area contributed by atoms with Crippen molar-refractivity contribution in [1.82, 2.24) is 0 Å². The van der Waals surface area contributed by atoms with Crippen LogP contribution in [-0.2, 0) is 6.18 Å². The van der Waals surface area contributed by atoms with Gasteiger partial charge in [0.2, 0.25) is 0 Å². The third-order valence-corrected chi connectivity index (χ3v) is 6.89. The molecule has 1 fully saturated rings. The normalized spacial score (nSPS) is 21.7. The van der Waals surface area contributed by atoms with Crippen molar-refractivity contribution in [1.29, 1.82) is 10.5 Å². The summed E-state index contributed by atoms with van der Waals surface area (Å²) in [6.45, 7) is 0. The number of ketones is 1. The van der Waals surface area contributed by atoms with Crippen molar-refractivity contribution in [2.24, 2.45) is 5.41 Å². The van der Waals surface area contributed by atoms with Crippen molar-refractivity contribution in [2.75, 3.05) is 4.90 Å². The summed E-state index contributed by atoms with van der Waals surface area (Å²) >= 11 is 0. The summed E-state index contributed by atoms with van der Waals surface area (Å²) < 4.78 is 54.4. The number of carbonyl (C=O) groups is 1. The minimum Gasteiger partial charge on any atom is -0.351 e. The van der Waals surface area contributed by atoms with Crippen LogP contribution in [-0.4, -0.2) is 17.9 Å². The lowest BCUT2D eigenvalue weighted by Crippen LogP contribution is -2.44. The summed E-state index contributed by atoms with van der Waals surface area (Å²) in [4.78, 5) is 15.6. The van der Waals surface area contributed by atoms with Gasteiger partial charge in [-0.15, -0.1) is 0 Å². The van der Waals surface area contributed by atoms with Crippen LogP contribution in [0.2, 0.25) is 0 Å². The Morgan fingerprint density at radius 2 is 1.64 bits per heavy atom. The third kappa shape index (κ3) is 3.46. The molecule has 5 rings (SSSR count). The number of rotatable bonds is 3. The minimum absolute atomic E-state index is 0.0497. The number of para-hydroxylation sites is 1. The van der Waals surface area contributed by atoms with Gasteiger partial charge in [0.15, 0.2) is 11.2 Å². The molecule has 0 unspecified atom stereocenters. The first-order valence-electron chi connectivity index (χ1n) is 11.1. The number of carbonyl (C=O) groups excluding carboxylic acids is 1. The van der Waals surface area contributed by atoms with E-state index in [4.69, 9.17) is 0 Å². The molecule has 0 radical (unpaired) electrons. The number of halogens is 4. The molecule has 0 aromatic heterocycles. The van der Waals surface area contributed by atoms with E-state index in [1.807, 2.05) is 0 Å². The SMILES string of the molecule is N#CC1(C#N)[C@H](c2cccc(C(F)(F)F)c2)[C@H](C(=O)c2ccc(F)cc2)N2c3ccccc3C=C[C@H]21. The van der Waals surface area contributed by atoms with E-state index in [1.54, 1.807) is 41.3 Å². The fourth-order valence-electron chi connectivity index (χ4n) is 5.30. The standard InChI is InChI=1S/C28H17F4N3O/c29-21-11-8-18(9-12-21)26(36)25-24(19-5-3-6-20(14-19)28(30,31)32)27(15-33,16-34)23-13-10-17-4-1-2-7-22(17)35(23)25/h1-14,23-25H/t23-,24+,25+/m0/s1. The van der Waals surface area contributed by atoms with Crippen molar-refractivity contribution >= 4 is 17.5 Å². The molecular weight excluding hydrogens is 470 g/mol. The number of hydrogen-bond donors (Lipinski definition) is 0. The van der Waals surface area contributed by atoms with Crippen molar-refractivity contribution in [3.63, 3.8) is 0 Å². The Morgan fingerprint density at radius 1 is 0.944 bits per heavy atom. The van der Waals surface area contributed by atoms with Crippen molar-refractivity contribution in [3.8, 4) is 12.1 Å². The molecule has 2 aliphatic rings. The highest BCUT2D eigenvalue weighted by molar-refractivity contribution is 6.04. The largest absolute Gasteiger partial charge is 0.416 e. The number of nitrogens with zero attached hydrogens (tertiary/aromatic N) is 3. The molecule has 0 spiro atoms. The number of hydrogen-bond acceptors (Lipinski definition) is 4. The number of alkyl halides is 3. The van der Waals surface area contributed by atoms with E-state index in [2.05, 4.69) is 12.1 Å². The molecule has 178 valence electrons. The van der Waals surface area contributed by atoms with E-state index < -0.39 is 46.8 Å². The van der Waals surface area contributed by atoms with Gasteiger partial charge in [0.05, 0.1) is 23.7 Å². The number of Topliss-reactive ketones (excluding diaryl/α,β-unsaturated/α-hetero) is 1. The zero-order valence-corrected chi connectivity index (χ0v) is 18.6. The average molecular weight is 487 g/mol. The molecule has 8 heteroatoms. The minimum atomic E-state index is -4.66. The van der Waals surface area contributed by atoms with E-state index in [1.165, 1.54) is 24.3 Å². The van der Waals surface area contributed by atoms with E-state index in [0.29, 0.717) is 5.69 Å². The molecule has 0 bridgehead atoms. The molecule has 1 saturated heterocycles. The van der Waals surface area contributed by atoms with Gasteiger partial charge in [-0.1, -0.05) is 48.6 Å². The fraction of sp³-hybridized carbons (Fsp3) is 0.179. The van der Waals surface area contributed by atoms with Crippen LogP contribution in [0.1, 0.15) is 33.0 Å². The molecular formula is C28H17F4N3O. The maximum absolute atomic E-state index is 14.0. The van der Waals surface area contributed by atoms with Crippen LogP contribution < -0.4 is 4.90 Å². The average Bonchev–Trinajstić information content (AvgIpc) is 3.19. The van der Waals surface area contributed by atoms with Gasteiger partial charge in [0.25, 0.3) is 0 Å². The quantitative estimate of drug-likeness (QED) is 0.329. The van der Waals surface area contributed by atoms with Gasteiger partial charge >= 0.3 is 6.18 Å². The van der Waals surface area contributed by atoms with Gasteiger partial charge in [-0.25, -0.2) is 4.39 Å². The van der Waals surface area contributed by atoms with Gasteiger partial charge in [-0.05, 0) is 47.5 Å². The monoisotopic (exact) mass is 487 g/mol. The topological polar surface area (TPSA) is 67.9 Å². The Hall–Kier alpha value is -4.43. The first-order chi connectivity index (χ1) is 17.2. The Labute approximate surface area is 204 Å². The van der Waals surface area contributed by atoms with Gasteiger partial charge in [-0.3, -0.25) is 4.79 Å². The highest BCUT2D eigenvalue weighted by atomic mass is 19.4. The summed E-state index contributed by atoms with van der Waals surface area (Å²) in [5.41, 5.74) is -1.34. The second kappa shape index (κ2) is 8.35. The van der Waals surface area contributed by atoms with Crippen LogP contribution in [0.4, 0.5) is 23.2 Å². The molecule has 0 saturated carbocycles. The lowest BCUT2D eigenvalue weighted by Gasteiger charge is -2.35. The predicted octanol–water partition coefficient (Wildman–Crippen LogP) is 6.13. The van der Waals surface area contributed by atoms with Crippen molar-refractivity contribution in [3.05, 3.63) is 107 Å². The van der Waals surface area contributed by atoms with Gasteiger partial charge < -0.3 is 4.90 Å². The molecule has 0 N–H and O–H groups in total. The van der Waals surface area contributed by atoms with Crippen LogP contribution in [0.25, 0.3) is 6.08 Å². The van der Waals surface area contributed by atoms with Crippen molar-refractivity contribution in [2.45, 2.75) is 24.2 Å². The summed E-state index contributed by atoms with van der Waals surface area (Å²) in [6.07, 6.45) is -1.27. The molecule has 0 amide bonds. The molecule has 0 aliphatic carbocycles. The lowest BCUT2D eigenvalue weighted by molar-refractivity contribution is -0.137. The first-order valence-corrected chi connectivity index (χ1v) is 11.1. The molecule has 3 aromatic carbocycles. The number of benzene rings is 3. The second-order valence-electron chi connectivity index (χ2n) is 8.78. The van der Waals surface area contributed by atoms with Crippen LogP contribution in [0, 0.1) is 33.9 Å².